The molecule has 7 nitrogen and oxygen atoms in total. The van der Waals surface area contributed by atoms with E-state index in [9.17, 15) is 10.2 Å². The molecule has 0 radical (unpaired) electrons. The number of ether oxygens (including phenoxy) is 4. The molecule has 0 amide bonds. The van der Waals surface area contributed by atoms with Crippen LogP contribution in [0.3, 0.4) is 0 Å². The third-order valence-electron chi connectivity index (χ3n) is 7.05. The Morgan fingerprint density at radius 1 is 0.788 bits per heavy atom. The van der Waals surface area contributed by atoms with E-state index < -0.39 is 6.10 Å². The lowest BCUT2D eigenvalue weighted by Crippen LogP contribution is -2.50. The summed E-state index contributed by atoms with van der Waals surface area (Å²) in [5.41, 5.74) is 2.48. The highest BCUT2D eigenvalue weighted by Crippen LogP contribution is 2.35. The normalized spacial score (nSPS) is 22.5. The molecule has 2 aromatic carbocycles. The third kappa shape index (κ3) is 5.21. The van der Waals surface area contributed by atoms with E-state index in [1.54, 1.807) is 0 Å². The van der Waals surface area contributed by atoms with Crippen LogP contribution >= 0.6 is 0 Å². The molecule has 0 bridgehead atoms. The summed E-state index contributed by atoms with van der Waals surface area (Å²) in [7, 11) is 0. The molecule has 0 saturated carbocycles. The molecular weight excluding hydrogens is 422 g/mol. The van der Waals surface area contributed by atoms with Crippen molar-refractivity contribution in [1.29, 1.82) is 0 Å². The third-order valence-corrected chi connectivity index (χ3v) is 7.05. The van der Waals surface area contributed by atoms with E-state index in [1.165, 1.54) is 17.5 Å². The number of benzene rings is 2. The highest BCUT2D eigenvalue weighted by molar-refractivity contribution is 5.45. The predicted molar refractivity (Wildman–Crippen MR) is 123 cm³/mol. The lowest BCUT2D eigenvalue weighted by Gasteiger charge is -2.43. The fraction of sp³-hybridized carbons (Fsp3) is 0.538. The number of fused-ring (bicyclic) bond motifs is 2. The summed E-state index contributed by atoms with van der Waals surface area (Å²) in [4.78, 5) is 2.45. The van der Waals surface area contributed by atoms with E-state index >= 15 is 0 Å². The maximum absolute atomic E-state index is 10.3. The monoisotopic (exact) mass is 455 g/mol. The molecule has 3 atom stereocenters. The van der Waals surface area contributed by atoms with Gasteiger partial charge in [-0.25, -0.2) is 0 Å². The molecule has 3 heterocycles. The largest absolute Gasteiger partial charge is 0.454 e. The molecule has 0 aromatic heterocycles. The fourth-order valence-electron chi connectivity index (χ4n) is 5.30. The summed E-state index contributed by atoms with van der Waals surface area (Å²) in [6, 6.07) is 13.1. The van der Waals surface area contributed by atoms with Crippen LogP contribution in [0.25, 0.3) is 0 Å². The number of β-amino-alcohol motifs (C(OH)–C–C–N with tert-alkyl or cyclic N) is 1. The first kappa shape index (κ1) is 22.3. The molecule has 178 valence electrons. The van der Waals surface area contributed by atoms with Crippen molar-refractivity contribution >= 4 is 0 Å². The molecule has 33 heavy (non-hydrogen) atoms. The van der Waals surface area contributed by atoms with Crippen molar-refractivity contribution in [3.63, 3.8) is 0 Å². The van der Waals surface area contributed by atoms with Crippen LogP contribution in [0.15, 0.2) is 36.4 Å². The Morgan fingerprint density at radius 2 is 1.30 bits per heavy atom. The topological polar surface area (TPSA) is 80.6 Å². The molecule has 0 unspecified atom stereocenters. The second-order valence-electron chi connectivity index (χ2n) is 9.22. The minimum Gasteiger partial charge on any atom is -0.454 e. The number of nitrogens with zero attached hydrogens (tertiary/aromatic N) is 1. The first-order valence-electron chi connectivity index (χ1n) is 12.0. The summed E-state index contributed by atoms with van der Waals surface area (Å²) >= 11 is 0. The molecule has 3 aliphatic rings. The van der Waals surface area contributed by atoms with Gasteiger partial charge in [0.05, 0.1) is 12.7 Å². The molecule has 0 spiro atoms. The number of hydrogen-bond acceptors (Lipinski definition) is 7. The van der Waals surface area contributed by atoms with Gasteiger partial charge in [0, 0.05) is 18.6 Å². The Balaban J connectivity index is 1.23. The lowest BCUT2D eigenvalue weighted by molar-refractivity contribution is 0.00214. The van der Waals surface area contributed by atoms with E-state index in [0.717, 1.165) is 61.5 Å². The molecule has 3 aliphatic heterocycles. The Hall–Kier alpha value is -2.48. The standard InChI is InChI=1S/C26H33NO6/c28-15-22(29)14-27-20(8-4-18-6-10-23-25(12-18)32-16-30-23)2-1-3-21(27)9-5-19-7-11-24-26(13-19)33-17-31-24/h6-7,10-13,20-22,28-29H,1-5,8-9,14-17H2/t20-,21+,22-/m1/s1. The van der Waals surface area contributed by atoms with Gasteiger partial charge in [0.25, 0.3) is 0 Å². The Labute approximate surface area is 194 Å². The second-order valence-corrected chi connectivity index (χ2v) is 9.22. The van der Waals surface area contributed by atoms with E-state index in [4.69, 9.17) is 18.9 Å². The van der Waals surface area contributed by atoms with Crippen LogP contribution in [-0.4, -0.2) is 60.0 Å². The fourth-order valence-corrected chi connectivity index (χ4v) is 5.30. The van der Waals surface area contributed by atoms with Crippen LogP contribution < -0.4 is 18.9 Å². The summed E-state index contributed by atoms with van der Waals surface area (Å²) < 4.78 is 21.9. The first-order chi connectivity index (χ1) is 16.2. The Bertz CT molecular complexity index is 881. The van der Waals surface area contributed by atoms with Crippen LogP contribution in [0, 0.1) is 0 Å². The van der Waals surface area contributed by atoms with E-state index in [-0.39, 0.29) is 6.61 Å². The van der Waals surface area contributed by atoms with Crippen LogP contribution in [0.4, 0.5) is 0 Å². The second kappa shape index (κ2) is 10.2. The Kier molecular flexibility index (Phi) is 6.90. The zero-order valence-electron chi connectivity index (χ0n) is 18.9. The van der Waals surface area contributed by atoms with E-state index in [1.807, 2.05) is 12.1 Å². The molecular formula is C26H33NO6. The van der Waals surface area contributed by atoms with Crippen LogP contribution in [-0.2, 0) is 12.8 Å². The number of likely N-dealkylation sites (tertiary alicyclic amines) is 1. The minimum atomic E-state index is -0.718. The van der Waals surface area contributed by atoms with Gasteiger partial charge in [-0.05, 0) is 73.9 Å². The molecule has 1 fully saturated rings. The molecule has 1 saturated heterocycles. The molecule has 2 aromatic rings. The lowest BCUT2D eigenvalue weighted by atomic mass is 9.88. The van der Waals surface area contributed by atoms with Gasteiger partial charge in [0.1, 0.15) is 0 Å². The van der Waals surface area contributed by atoms with Crippen molar-refractivity contribution in [3.05, 3.63) is 47.5 Å². The van der Waals surface area contributed by atoms with Crippen molar-refractivity contribution in [2.75, 3.05) is 26.7 Å². The average molecular weight is 456 g/mol. The molecule has 0 aliphatic carbocycles. The number of aliphatic hydroxyl groups is 2. The Morgan fingerprint density at radius 3 is 1.82 bits per heavy atom. The highest BCUT2D eigenvalue weighted by Gasteiger charge is 2.31. The maximum Gasteiger partial charge on any atom is 0.231 e. The zero-order valence-corrected chi connectivity index (χ0v) is 18.9. The van der Waals surface area contributed by atoms with Crippen molar-refractivity contribution in [2.45, 2.75) is 63.1 Å². The van der Waals surface area contributed by atoms with Gasteiger partial charge in [-0.2, -0.15) is 0 Å². The van der Waals surface area contributed by atoms with Crippen LogP contribution in [0.2, 0.25) is 0 Å². The van der Waals surface area contributed by atoms with Gasteiger partial charge in [-0.3, -0.25) is 4.90 Å². The maximum atomic E-state index is 10.3. The van der Waals surface area contributed by atoms with Gasteiger partial charge < -0.3 is 29.2 Å². The van der Waals surface area contributed by atoms with E-state index in [2.05, 4.69) is 29.2 Å². The molecule has 7 heteroatoms. The number of aryl methyl sites for hydroxylation is 2. The average Bonchev–Trinajstić information content (AvgIpc) is 3.50. The predicted octanol–water partition coefficient (Wildman–Crippen LogP) is 3.29. The van der Waals surface area contributed by atoms with Crippen molar-refractivity contribution in [2.24, 2.45) is 0 Å². The highest BCUT2D eigenvalue weighted by atomic mass is 16.7. The number of piperidine rings is 1. The van der Waals surface area contributed by atoms with Crippen molar-refractivity contribution < 1.29 is 29.2 Å². The van der Waals surface area contributed by atoms with E-state index in [0.29, 0.717) is 32.2 Å². The first-order valence-corrected chi connectivity index (χ1v) is 12.0. The summed E-state index contributed by atoms with van der Waals surface area (Å²) in [6.45, 7) is 0.882. The summed E-state index contributed by atoms with van der Waals surface area (Å²) in [5.74, 6) is 3.27. The number of rotatable bonds is 9. The van der Waals surface area contributed by atoms with Crippen LogP contribution in [0.1, 0.15) is 43.2 Å². The number of hydrogen-bond donors (Lipinski definition) is 2. The van der Waals surface area contributed by atoms with Gasteiger partial charge in [0.15, 0.2) is 23.0 Å². The van der Waals surface area contributed by atoms with Crippen molar-refractivity contribution in [1.82, 2.24) is 4.90 Å². The van der Waals surface area contributed by atoms with Crippen molar-refractivity contribution in [3.8, 4) is 23.0 Å². The molecule has 2 N–H and O–H groups in total. The minimum absolute atomic E-state index is 0.208. The van der Waals surface area contributed by atoms with Gasteiger partial charge >= 0.3 is 0 Å². The SMILES string of the molecule is OC[C@H](O)CN1[C@@H](CCc2ccc3c(c2)OCO3)CCC[C@H]1CCc1ccc2c(c1)OCO2. The quantitative estimate of drug-likeness (QED) is 0.601. The number of aliphatic hydroxyl groups excluding tert-OH is 2. The smallest absolute Gasteiger partial charge is 0.231 e. The van der Waals surface area contributed by atoms with Gasteiger partial charge in [0.2, 0.25) is 13.6 Å². The van der Waals surface area contributed by atoms with Gasteiger partial charge in [-0.1, -0.05) is 18.6 Å². The van der Waals surface area contributed by atoms with Gasteiger partial charge in [-0.15, -0.1) is 0 Å². The molecule has 5 rings (SSSR count). The summed E-state index contributed by atoms with van der Waals surface area (Å²) in [5, 5.41) is 19.8. The summed E-state index contributed by atoms with van der Waals surface area (Å²) in [6.07, 6.45) is 6.61. The zero-order chi connectivity index (χ0) is 22.6. The van der Waals surface area contributed by atoms with Crippen LogP contribution in [0.5, 0.6) is 23.0 Å².